The minimum Gasteiger partial charge on any atom is -0.379 e. The largest absolute Gasteiger partial charge is 0.379 e. The lowest BCUT2D eigenvalue weighted by Gasteiger charge is -2.30. The first-order valence-corrected chi connectivity index (χ1v) is 5.71. The second-order valence-electron chi connectivity index (χ2n) is 5.67. The topological polar surface area (TPSA) is 35.2 Å². The molecular weight excluding hydrogens is 174 g/mol. The second-order valence-corrected chi connectivity index (χ2v) is 5.67. The van der Waals surface area contributed by atoms with Crippen molar-refractivity contribution in [2.45, 2.75) is 64.0 Å². The summed E-state index contributed by atoms with van der Waals surface area (Å²) in [6, 6.07) is 0. The van der Waals surface area contributed by atoms with Crippen LogP contribution in [-0.2, 0) is 4.74 Å². The Morgan fingerprint density at radius 3 is 2.57 bits per heavy atom. The van der Waals surface area contributed by atoms with E-state index in [1.54, 1.807) is 7.11 Å². The summed E-state index contributed by atoms with van der Waals surface area (Å²) < 4.78 is 5.41. The predicted molar refractivity (Wildman–Crippen MR) is 60.3 cm³/mol. The van der Waals surface area contributed by atoms with Gasteiger partial charge in [-0.2, -0.15) is 0 Å². The van der Waals surface area contributed by atoms with E-state index in [1.807, 2.05) is 0 Å². The summed E-state index contributed by atoms with van der Waals surface area (Å²) in [4.78, 5) is 0. The fourth-order valence-electron chi connectivity index (χ4n) is 2.31. The van der Waals surface area contributed by atoms with E-state index in [1.165, 1.54) is 19.3 Å². The van der Waals surface area contributed by atoms with Gasteiger partial charge in [0.15, 0.2) is 0 Å². The molecule has 1 aliphatic rings. The minimum atomic E-state index is -0.0157. The highest BCUT2D eigenvalue weighted by Gasteiger charge is 2.34. The summed E-state index contributed by atoms with van der Waals surface area (Å²) >= 11 is 0. The van der Waals surface area contributed by atoms with Gasteiger partial charge in [-0.15, -0.1) is 0 Å². The second kappa shape index (κ2) is 4.19. The van der Waals surface area contributed by atoms with Crippen molar-refractivity contribution in [3.63, 3.8) is 0 Å². The summed E-state index contributed by atoms with van der Waals surface area (Å²) in [5.74, 6) is 0.811. The van der Waals surface area contributed by atoms with Crippen LogP contribution in [0.15, 0.2) is 0 Å². The zero-order valence-corrected chi connectivity index (χ0v) is 10.1. The normalized spacial score (nSPS) is 33.6. The molecule has 0 radical (unpaired) electrons. The van der Waals surface area contributed by atoms with Crippen molar-refractivity contribution in [2.24, 2.45) is 11.7 Å². The van der Waals surface area contributed by atoms with Gasteiger partial charge in [0.2, 0.25) is 0 Å². The van der Waals surface area contributed by atoms with Crippen molar-refractivity contribution in [2.75, 3.05) is 7.11 Å². The SMILES string of the molecule is COC(C)(C)CCC1(N)CCC(C)C1. The van der Waals surface area contributed by atoms with E-state index in [2.05, 4.69) is 20.8 Å². The standard InChI is InChI=1S/C12H25NO/c1-10-5-6-12(13,9-10)8-7-11(2,3)14-4/h10H,5-9,13H2,1-4H3. The molecule has 84 valence electrons. The summed E-state index contributed by atoms with van der Waals surface area (Å²) in [5.41, 5.74) is 6.43. The Balaban J connectivity index is 2.37. The molecular formula is C12H25NO. The van der Waals surface area contributed by atoms with Crippen LogP contribution in [0, 0.1) is 5.92 Å². The van der Waals surface area contributed by atoms with E-state index >= 15 is 0 Å². The molecule has 14 heavy (non-hydrogen) atoms. The van der Waals surface area contributed by atoms with Crippen LogP contribution in [0.1, 0.15) is 52.9 Å². The quantitative estimate of drug-likeness (QED) is 0.755. The number of nitrogens with two attached hydrogens (primary N) is 1. The van der Waals surface area contributed by atoms with Crippen molar-refractivity contribution in [3.05, 3.63) is 0 Å². The maximum Gasteiger partial charge on any atom is 0.0623 e. The highest BCUT2D eigenvalue weighted by Crippen LogP contribution is 2.36. The molecule has 0 aliphatic heterocycles. The maximum atomic E-state index is 6.36. The van der Waals surface area contributed by atoms with Crippen molar-refractivity contribution >= 4 is 0 Å². The average Bonchev–Trinajstić information content (AvgIpc) is 2.45. The molecule has 2 atom stereocenters. The smallest absolute Gasteiger partial charge is 0.0623 e. The van der Waals surface area contributed by atoms with Gasteiger partial charge in [0.05, 0.1) is 5.60 Å². The number of ether oxygens (including phenoxy) is 1. The first-order valence-electron chi connectivity index (χ1n) is 5.71. The third kappa shape index (κ3) is 3.25. The van der Waals surface area contributed by atoms with E-state index in [4.69, 9.17) is 10.5 Å². The average molecular weight is 199 g/mol. The number of hydrogen-bond acceptors (Lipinski definition) is 2. The van der Waals surface area contributed by atoms with Crippen LogP contribution < -0.4 is 5.73 Å². The van der Waals surface area contributed by atoms with Crippen molar-refractivity contribution in [3.8, 4) is 0 Å². The van der Waals surface area contributed by atoms with Gasteiger partial charge in [-0.1, -0.05) is 6.92 Å². The maximum absolute atomic E-state index is 6.36. The molecule has 0 aromatic carbocycles. The van der Waals surface area contributed by atoms with Crippen LogP contribution in [0.5, 0.6) is 0 Å². The molecule has 1 fully saturated rings. The molecule has 1 rings (SSSR count). The van der Waals surface area contributed by atoms with E-state index in [9.17, 15) is 0 Å². The molecule has 0 heterocycles. The highest BCUT2D eigenvalue weighted by atomic mass is 16.5. The molecule has 1 saturated carbocycles. The Bertz CT molecular complexity index is 191. The molecule has 0 aromatic rings. The van der Waals surface area contributed by atoms with Crippen LogP contribution in [0.3, 0.4) is 0 Å². The van der Waals surface area contributed by atoms with Gasteiger partial charge in [0.25, 0.3) is 0 Å². The Kier molecular flexibility index (Phi) is 3.59. The first kappa shape index (κ1) is 12.0. The van der Waals surface area contributed by atoms with Crippen LogP contribution in [0.4, 0.5) is 0 Å². The molecule has 2 nitrogen and oxygen atoms in total. The Hall–Kier alpha value is -0.0800. The van der Waals surface area contributed by atoms with E-state index in [-0.39, 0.29) is 11.1 Å². The molecule has 2 unspecified atom stereocenters. The van der Waals surface area contributed by atoms with Gasteiger partial charge in [-0.25, -0.2) is 0 Å². The van der Waals surface area contributed by atoms with Gasteiger partial charge < -0.3 is 10.5 Å². The van der Waals surface area contributed by atoms with E-state index in [0.29, 0.717) is 0 Å². The molecule has 2 heteroatoms. The fourth-order valence-corrected chi connectivity index (χ4v) is 2.31. The monoisotopic (exact) mass is 199 g/mol. The van der Waals surface area contributed by atoms with Crippen molar-refractivity contribution < 1.29 is 4.74 Å². The third-order valence-electron chi connectivity index (χ3n) is 3.67. The molecule has 0 aromatic heterocycles. The molecule has 0 saturated heterocycles. The van der Waals surface area contributed by atoms with Crippen LogP contribution >= 0.6 is 0 Å². The lowest BCUT2D eigenvalue weighted by molar-refractivity contribution is 0.00892. The zero-order valence-electron chi connectivity index (χ0n) is 10.1. The summed E-state index contributed by atoms with van der Waals surface area (Å²) in [6.45, 7) is 6.57. The van der Waals surface area contributed by atoms with Crippen LogP contribution in [0.25, 0.3) is 0 Å². The third-order valence-corrected chi connectivity index (χ3v) is 3.67. The first-order chi connectivity index (χ1) is 6.37. The Morgan fingerprint density at radius 1 is 1.50 bits per heavy atom. The molecule has 0 bridgehead atoms. The number of rotatable bonds is 4. The highest BCUT2D eigenvalue weighted by molar-refractivity contribution is 4.93. The van der Waals surface area contributed by atoms with Crippen LogP contribution in [0.2, 0.25) is 0 Å². The summed E-state index contributed by atoms with van der Waals surface area (Å²) in [7, 11) is 1.78. The zero-order chi connectivity index (χ0) is 10.8. The van der Waals surface area contributed by atoms with Gasteiger partial charge >= 0.3 is 0 Å². The van der Waals surface area contributed by atoms with E-state index in [0.717, 1.165) is 18.8 Å². The number of methoxy groups -OCH3 is 1. The van der Waals surface area contributed by atoms with Gasteiger partial charge in [-0.3, -0.25) is 0 Å². The van der Waals surface area contributed by atoms with Crippen molar-refractivity contribution in [1.29, 1.82) is 0 Å². The van der Waals surface area contributed by atoms with Crippen molar-refractivity contribution in [1.82, 2.24) is 0 Å². The Morgan fingerprint density at radius 2 is 2.14 bits per heavy atom. The molecule has 2 N–H and O–H groups in total. The Labute approximate surface area is 88.2 Å². The lowest BCUT2D eigenvalue weighted by atomic mass is 9.87. The van der Waals surface area contributed by atoms with Crippen LogP contribution in [-0.4, -0.2) is 18.2 Å². The minimum absolute atomic E-state index is 0.0157. The molecule has 0 spiro atoms. The lowest BCUT2D eigenvalue weighted by Crippen LogP contribution is -2.39. The molecule has 0 amide bonds. The van der Waals surface area contributed by atoms with Gasteiger partial charge in [0.1, 0.15) is 0 Å². The summed E-state index contributed by atoms with van der Waals surface area (Å²) in [5, 5.41) is 0. The number of hydrogen-bond donors (Lipinski definition) is 1. The van der Waals surface area contributed by atoms with Gasteiger partial charge in [0, 0.05) is 12.6 Å². The summed E-state index contributed by atoms with van der Waals surface area (Å²) in [6.07, 6.45) is 5.83. The molecule has 1 aliphatic carbocycles. The van der Waals surface area contributed by atoms with E-state index < -0.39 is 0 Å². The predicted octanol–water partition coefficient (Wildman–Crippen LogP) is 2.71. The fraction of sp³-hybridized carbons (Fsp3) is 1.00. The van der Waals surface area contributed by atoms with Gasteiger partial charge in [-0.05, 0) is 51.9 Å².